The van der Waals surface area contributed by atoms with E-state index in [9.17, 15) is 14.0 Å². The third kappa shape index (κ3) is 4.56. The minimum atomic E-state index is -0.525. The molecule has 0 saturated carbocycles. The summed E-state index contributed by atoms with van der Waals surface area (Å²) in [4.78, 5) is 25.3. The molecule has 1 aliphatic rings. The summed E-state index contributed by atoms with van der Waals surface area (Å²) in [6.07, 6.45) is 1.18. The van der Waals surface area contributed by atoms with Crippen LogP contribution >= 0.6 is 24.0 Å². The maximum absolute atomic E-state index is 13.1. The van der Waals surface area contributed by atoms with Gasteiger partial charge in [-0.05, 0) is 31.0 Å². The molecule has 2 rings (SSSR count). The van der Waals surface area contributed by atoms with E-state index in [1.807, 2.05) is 0 Å². The van der Waals surface area contributed by atoms with Crippen molar-refractivity contribution >= 4 is 41.5 Å². The number of hydrogen-bond acceptors (Lipinski definition) is 3. The molecular formula is C14H18Cl2FN3O2. The normalized spacial score (nSPS) is 15.1. The maximum atomic E-state index is 13.1. The second-order valence-electron chi connectivity index (χ2n) is 4.98. The van der Waals surface area contributed by atoms with Crippen molar-refractivity contribution < 1.29 is 14.0 Å². The second kappa shape index (κ2) is 8.31. The van der Waals surface area contributed by atoms with Crippen molar-refractivity contribution in [1.82, 2.24) is 4.90 Å². The Morgan fingerprint density at radius 1 is 1.36 bits per heavy atom. The van der Waals surface area contributed by atoms with E-state index in [0.29, 0.717) is 31.6 Å². The Kier molecular flexibility index (Phi) is 7.06. The van der Waals surface area contributed by atoms with E-state index in [0.717, 1.165) is 0 Å². The molecule has 1 aromatic carbocycles. The van der Waals surface area contributed by atoms with Crippen LogP contribution in [0.2, 0.25) is 5.02 Å². The SMILES string of the molecule is Cl.NCC(=O)N1CCC(C(=O)Nc2ccc(F)c(Cl)c2)CC1. The van der Waals surface area contributed by atoms with Crippen LogP contribution in [0.3, 0.4) is 0 Å². The highest BCUT2D eigenvalue weighted by Crippen LogP contribution is 2.22. The van der Waals surface area contributed by atoms with E-state index in [4.69, 9.17) is 17.3 Å². The molecule has 0 spiro atoms. The van der Waals surface area contributed by atoms with Gasteiger partial charge >= 0.3 is 0 Å². The van der Waals surface area contributed by atoms with Crippen molar-refractivity contribution in [3.8, 4) is 0 Å². The lowest BCUT2D eigenvalue weighted by Gasteiger charge is -2.31. The van der Waals surface area contributed by atoms with Crippen LogP contribution in [0.15, 0.2) is 18.2 Å². The fourth-order valence-corrected chi connectivity index (χ4v) is 2.52. The fraction of sp³-hybridized carbons (Fsp3) is 0.429. The Morgan fingerprint density at radius 2 is 2.00 bits per heavy atom. The van der Waals surface area contributed by atoms with Gasteiger partial charge in [0.05, 0.1) is 11.6 Å². The number of likely N-dealkylation sites (tertiary alicyclic amines) is 1. The predicted octanol–water partition coefficient (Wildman–Crippen LogP) is 2.04. The summed E-state index contributed by atoms with van der Waals surface area (Å²) in [5.41, 5.74) is 5.78. The molecule has 0 aliphatic carbocycles. The van der Waals surface area contributed by atoms with Crippen LogP contribution in [0.1, 0.15) is 12.8 Å². The van der Waals surface area contributed by atoms with E-state index < -0.39 is 5.82 Å². The summed E-state index contributed by atoms with van der Waals surface area (Å²) in [6, 6.07) is 4.05. The minimum absolute atomic E-state index is 0. The van der Waals surface area contributed by atoms with Gasteiger partial charge < -0.3 is 16.0 Å². The van der Waals surface area contributed by atoms with E-state index in [-0.39, 0.29) is 41.7 Å². The van der Waals surface area contributed by atoms with Crippen molar-refractivity contribution in [2.24, 2.45) is 11.7 Å². The van der Waals surface area contributed by atoms with Crippen molar-refractivity contribution in [3.63, 3.8) is 0 Å². The number of hydrogen-bond donors (Lipinski definition) is 2. The van der Waals surface area contributed by atoms with Gasteiger partial charge in [0.1, 0.15) is 5.82 Å². The minimum Gasteiger partial charge on any atom is -0.342 e. The Balaban J connectivity index is 0.00000242. The van der Waals surface area contributed by atoms with Gasteiger partial charge in [0.25, 0.3) is 0 Å². The zero-order valence-corrected chi connectivity index (χ0v) is 13.4. The number of benzene rings is 1. The third-order valence-corrected chi connectivity index (χ3v) is 3.87. The van der Waals surface area contributed by atoms with Crippen LogP contribution in [-0.4, -0.2) is 36.3 Å². The molecule has 8 heteroatoms. The first-order valence-corrected chi connectivity index (χ1v) is 7.13. The topological polar surface area (TPSA) is 75.4 Å². The molecular weight excluding hydrogens is 332 g/mol. The fourth-order valence-electron chi connectivity index (χ4n) is 2.34. The van der Waals surface area contributed by atoms with Gasteiger partial charge in [-0.1, -0.05) is 11.6 Å². The van der Waals surface area contributed by atoms with Crippen LogP contribution < -0.4 is 11.1 Å². The summed E-state index contributed by atoms with van der Waals surface area (Å²) in [5, 5.41) is 2.69. The number of halogens is 3. The third-order valence-electron chi connectivity index (χ3n) is 3.58. The first kappa shape index (κ1) is 18.7. The average molecular weight is 350 g/mol. The highest BCUT2D eigenvalue weighted by Gasteiger charge is 2.26. The van der Waals surface area contributed by atoms with Crippen molar-refractivity contribution in [2.75, 3.05) is 25.0 Å². The molecule has 1 heterocycles. The second-order valence-corrected chi connectivity index (χ2v) is 5.38. The highest BCUT2D eigenvalue weighted by molar-refractivity contribution is 6.31. The molecule has 0 aromatic heterocycles. The molecule has 122 valence electrons. The smallest absolute Gasteiger partial charge is 0.236 e. The highest BCUT2D eigenvalue weighted by atomic mass is 35.5. The number of nitrogens with one attached hydrogen (secondary N) is 1. The van der Waals surface area contributed by atoms with Crippen molar-refractivity contribution in [2.45, 2.75) is 12.8 Å². The summed E-state index contributed by atoms with van der Waals surface area (Å²) in [5.74, 6) is -0.935. The van der Waals surface area contributed by atoms with E-state index in [2.05, 4.69) is 5.32 Å². The molecule has 2 amide bonds. The zero-order valence-electron chi connectivity index (χ0n) is 11.9. The summed E-state index contributed by atoms with van der Waals surface area (Å²) < 4.78 is 13.1. The van der Waals surface area contributed by atoms with Gasteiger partial charge in [-0.2, -0.15) is 0 Å². The Hall–Kier alpha value is -1.37. The zero-order chi connectivity index (χ0) is 15.4. The van der Waals surface area contributed by atoms with E-state index >= 15 is 0 Å². The first-order valence-electron chi connectivity index (χ1n) is 6.75. The largest absolute Gasteiger partial charge is 0.342 e. The molecule has 5 nitrogen and oxygen atoms in total. The number of anilines is 1. The molecule has 1 aromatic rings. The van der Waals surface area contributed by atoms with Crippen LogP contribution in [-0.2, 0) is 9.59 Å². The van der Waals surface area contributed by atoms with Gasteiger partial charge in [0, 0.05) is 24.7 Å². The number of amides is 2. The Bertz CT molecular complexity index is 549. The average Bonchev–Trinajstić information content (AvgIpc) is 2.50. The Labute approximate surface area is 139 Å². The first-order chi connectivity index (χ1) is 10.0. The molecule has 1 fully saturated rings. The van der Waals surface area contributed by atoms with Gasteiger partial charge in [-0.25, -0.2) is 4.39 Å². The van der Waals surface area contributed by atoms with Crippen LogP contribution in [0, 0.1) is 11.7 Å². The lowest BCUT2D eigenvalue weighted by molar-refractivity contribution is -0.133. The standard InChI is InChI=1S/C14H17ClFN3O2.ClH/c15-11-7-10(1-2-12(11)16)18-14(21)9-3-5-19(6-4-9)13(20)8-17;/h1-2,7,9H,3-6,8,17H2,(H,18,21);1H. The molecule has 0 atom stereocenters. The van der Waals surface area contributed by atoms with Crippen LogP contribution in [0.4, 0.5) is 10.1 Å². The van der Waals surface area contributed by atoms with E-state index in [1.165, 1.54) is 18.2 Å². The molecule has 1 saturated heterocycles. The summed E-state index contributed by atoms with van der Waals surface area (Å²) >= 11 is 5.67. The van der Waals surface area contributed by atoms with Gasteiger partial charge in [-0.15, -0.1) is 12.4 Å². The quantitative estimate of drug-likeness (QED) is 0.876. The van der Waals surface area contributed by atoms with Crippen molar-refractivity contribution in [1.29, 1.82) is 0 Å². The van der Waals surface area contributed by atoms with E-state index in [1.54, 1.807) is 4.90 Å². The molecule has 1 aliphatic heterocycles. The molecule has 0 unspecified atom stereocenters. The maximum Gasteiger partial charge on any atom is 0.236 e. The molecule has 22 heavy (non-hydrogen) atoms. The number of rotatable bonds is 3. The van der Waals surface area contributed by atoms with Crippen molar-refractivity contribution in [3.05, 3.63) is 29.0 Å². The van der Waals surface area contributed by atoms with Crippen LogP contribution in [0.5, 0.6) is 0 Å². The van der Waals surface area contributed by atoms with Gasteiger partial charge in [-0.3, -0.25) is 9.59 Å². The van der Waals surface area contributed by atoms with Gasteiger partial charge in [0.15, 0.2) is 0 Å². The summed E-state index contributed by atoms with van der Waals surface area (Å²) in [7, 11) is 0. The molecule has 3 N–H and O–H groups in total. The van der Waals surface area contributed by atoms with Gasteiger partial charge in [0.2, 0.25) is 11.8 Å². The monoisotopic (exact) mass is 349 g/mol. The number of nitrogens with two attached hydrogens (primary N) is 1. The number of piperidine rings is 1. The lowest BCUT2D eigenvalue weighted by Crippen LogP contribution is -2.43. The molecule has 0 bridgehead atoms. The lowest BCUT2D eigenvalue weighted by atomic mass is 9.95. The number of carbonyl (C=O) groups is 2. The number of carbonyl (C=O) groups excluding carboxylic acids is 2. The predicted molar refractivity (Wildman–Crippen MR) is 85.6 cm³/mol. The molecule has 0 radical (unpaired) electrons. The van der Waals surface area contributed by atoms with Crippen LogP contribution in [0.25, 0.3) is 0 Å². The number of nitrogens with zero attached hydrogens (tertiary/aromatic N) is 1. The summed E-state index contributed by atoms with van der Waals surface area (Å²) in [6.45, 7) is 1.04. The Morgan fingerprint density at radius 3 is 2.55 bits per heavy atom.